The molecule has 2 atom stereocenters. The second kappa shape index (κ2) is 8.03. The van der Waals surface area contributed by atoms with Crippen LogP contribution in [-0.4, -0.2) is 31.2 Å². The summed E-state index contributed by atoms with van der Waals surface area (Å²) in [6.07, 6.45) is 0.136. The number of anilines is 1. The van der Waals surface area contributed by atoms with Crippen LogP contribution in [0.3, 0.4) is 0 Å². The number of benzene rings is 2. The Kier molecular flexibility index (Phi) is 5.76. The van der Waals surface area contributed by atoms with Gasteiger partial charge in [0.25, 0.3) is 0 Å². The molecule has 0 saturated heterocycles. The second-order valence-corrected chi connectivity index (χ2v) is 6.80. The van der Waals surface area contributed by atoms with E-state index in [2.05, 4.69) is 10.6 Å². The third-order valence-corrected chi connectivity index (χ3v) is 4.95. The number of hydrogen-bond acceptors (Lipinski definition) is 5. The van der Waals surface area contributed by atoms with Gasteiger partial charge in [0.1, 0.15) is 5.75 Å². The van der Waals surface area contributed by atoms with E-state index >= 15 is 0 Å². The highest BCUT2D eigenvalue weighted by Gasteiger charge is 2.30. The van der Waals surface area contributed by atoms with Crippen LogP contribution in [0.25, 0.3) is 0 Å². The van der Waals surface area contributed by atoms with Crippen LogP contribution in [0, 0.1) is 0 Å². The summed E-state index contributed by atoms with van der Waals surface area (Å²) in [4.78, 5) is 12.4. The number of hydrogen-bond donors (Lipinski definition) is 2. The van der Waals surface area contributed by atoms with Crippen molar-refractivity contribution in [3.8, 4) is 5.75 Å². The normalized spacial score (nSPS) is 19.1. The molecule has 0 saturated carbocycles. The quantitative estimate of drug-likeness (QED) is 0.613. The first-order chi connectivity index (χ1) is 12.5. The Hall–Kier alpha value is -2.15. The van der Waals surface area contributed by atoms with E-state index in [9.17, 15) is 4.79 Å². The third-order valence-electron chi connectivity index (χ3n) is 4.31. The van der Waals surface area contributed by atoms with Crippen molar-refractivity contribution in [2.45, 2.75) is 18.5 Å². The maximum Gasteiger partial charge on any atom is 0.307 e. The summed E-state index contributed by atoms with van der Waals surface area (Å²) in [6, 6.07) is 12.8. The van der Waals surface area contributed by atoms with Gasteiger partial charge in [-0.15, -0.1) is 0 Å². The molecular weight excluding hydrogens is 372 g/mol. The molecular formula is C19H19ClN2O3S. The Balaban J connectivity index is 2.05. The molecule has 0 fully saturated rings. The molecule has 0 aliphatic carbocycles. The molecule has 2 N–H and O–H groups in total. The molecule has 1 unspecified atom stereocenters. The van der Waals surface area contributed by atoms with Crippen molar-refractivity contribution < 1.29 is 14.3 Å². The molecule has 136 valence electrons. The number of thiocarbonyl (C=S) groups is 1. The monoisotopic (exact) mass is 390 g/mol. The number of carbonyl (C=O) groups excluding carboxylic acids is 1. The topological polar surface area (TPSA) is 59.6 Å². The molecule has 0 bridgehead atoms. The smallest absolute Gasteiger partial charge is 0.307 e. The van der Waals surface area contributed by atoms with E-state index in [0.717, 1.165) is 22.6 Å². The van der Waals surface area contributed by atoms with Crippen molar-refractivity contribution in [1.29, 1.82) is 0 Å². The standard InChI is InChI=1S/C19H19ClN2O3S/c1-24-13-7-8-15-14(9-13)18(11-3-5-12(20)6-4-11)21-16(19(26)22-15)10-17(23)25-2/h3-9,16,18,21H,10H2,1-2H3,(H,22,26)/t16-,18?/m0/s1. The summed E-state index contributed by atoms with van der Waals surface area (Å²) in [5.41, 5.74) is 2.85. The van der Waals surface area contributed by atoms with Gasteiger partial charge in [0.05, 0.1) is 37.7 Å². The van der Waals surface area contributed by atoms with Crippen LogP contribution in [0.1, 0.15) is 23.6 Å². The first kappa shape index (κ1) is 18.6. The molecule has 26 heavy (non-hydrogen) atoms. The van der Waals surface area contributed by atoms with Crippen LogP contribution >= 0.6 is 23.8 Å². The van der Waals surface area contributed by atoms with Crippen LogP contribution in [0.2, 0.25) is 5.02 Å². The molecule has 0 amide bonds. The number of halogens is 1. The predicted octanol–water partition coefficient (Wildman–Crippen LogP) is 3.71. The highest BCUT2D eigenvalue weighted by atomic mass is 35.5. The number of methoxy groups -OCH3 is 2. The van der Waals surface area contributed by atoms with Crippen LogP contribution in [0.5, 0.6) is 5.75 Å². The van der Waals surface area contributed by atoms with E-state index in [0.29, 0.717) is 10.0 Å². The number of ether oxygens (including phenoxy) is 2. The van der Waals surface area contributed by atoms with Crippen molar-refractivity contribution in [2.24, 2.45) is 0 Å². The van der Waals surface area contributed by atoms with E-state index in [1.165, 1.54) is 7.11 Å². The molecule has 1 heterocycles. The van der Waals surface area contributed by atoms with E-state index in [1.807, 2.05) is 42.5 Å². The lowest BCUT2D eigenvalue weighted by Crippen LogP contribution is -2.41. The summed E-state index contributed by atoms with van der Waals surface area (Å²) in [6.45, 7) is 0. The highest BCUT2D eigenvalue weighted by Crippen LogP contribution is 2.35. The van der Waals surface area contributed by atoms with Gasteiger partial charge in [0.2, 0.25) is 0 Å². The molecule has 7 heteroatoms. The van der Waals surface area contributed by atoms with Crippen molar-refractivity contribution in [2.75, 3.05) is 19.5 Å². The van der Waals surface area contributed by atoms with Gasteiger partial charge >= 0.3 is 5.97 Å². The molecule has 5 nitrogen and oxygen atoms in total. The molecule has 2 aromatic rings. The van der Waals surface area contributed by atoms with E-state index in [1.54, 1.807) is 7.11 Å². The molecule has 3 rings (SSSR count). The lowest BCUT2D eigenvalue weighted by Gasteiger charge is -2.23. The second-order valence-electron chi connectivity index (χ2n) is 5.93. The summed E-state index contributed by atoms with van der Waals surface area (Å²) >= 11 is 11.5. The Morgan fingerprint density at radius 1 is 1.19 bits per heavy atom. The van der Waals surface area contributed by atoms with Gasteiger partial charge in [-0.1, -0.05) is 36.0 Å². The molecule has 0 aromatic heterocycles. The summed E-state index contributed by atoms with van der Waals surface area (Å²) in [5, 5.41) is 7.38. The minimum Gasteiger partial charge on any atom is -0.497 e. The average molecular weight is 391 g/mol. The zero-order valence-corrected chi connectivity index (χ0v) is 16.0. The number of fused-ring (bicyclic) bond motifs is 1. The lowest BCUT2D eigenvalue weighted by molar-refractivity contribution is -0.140. The van der Waals surface area contributed by atoms with Crippen molar-refractivity contribution in [3.05, 3.63) is 58.6 Å². The van der Waals surface area contributed by atoms with Gasteiger partial charge in [-0.05, 0) is 35.9 Å². The number of carbonyl (C=O) groups is 1. The SMILES string of the molecule is COC(=O)C[C@@H]1NC(c2ccc(Cl)cc2)c2cc(OC)ccc2NC1=S. The largest absolute Gasteiger partial charge is 0.497 e. The van der Waals surface area contributed by atoms with Crippen LogP contribution in [-0.2, 0) is 9.53 Å². The van der Waals surface area contributed by atoms with Gasteiger partial charge in [-0.2, -0.15) is 0 Å². The van der Waals surface area contributed by atoms with Crippen molar-refractivity contribution in [3.63, 3.8) is 0 Å². The summed E-state index contributed by atoms with van der Waals surface area (Å²) in [5.74, 6) is 0.411. The summed E-state index contributed by atoms with van der Waals surface area (Å²) < 4.78 is 10.2. The molecule has 0 radical (unpaired) electrons. The van der Waals surface area contributed by atoms with Gasteiger partial charge in [-0.3, -0.25) is 10.1 Å². The molecule has 0 spiro atoms. The first-order valence-electron chi connectivity index (χ1n) is 8.09. The van der Waals surface area contributed by atoms with Crippen LogP contribution in [0.15, 0.2) is 42.5 Å². The number of esters is 1. The number of nitrogens with one attached hydrogen (secondary N) is 2. The zero-order chi connectivity index (χ0) is 18.7. The van der Waals surface area contributed by atoms with E-state index in [-0.39, 0.29) is 24.5 Å². The highest BCUT2D eigenvalue weighted by molar-refractivity contribution is 7.80. The van der Waals surface area contributed by atoms with Gasteiger partial charge in [0.15, 0.2) is 0 Å². The Morgan fingerprint density at radius 2 is 1.92 bits per heavy atom. The van der Waals surface area contributed by atoms with Crippen LogP contribution in [0.4, 0.5) is 5.69 Å². The fourth-order valence-electron chi connectivity index (χ4n) is 2.94. The van der Waals surface area contributed by atoms with E-state index < -0.39 is 0 Å². The minimum absolute atomic E-state index is 0.136. The van der Waals surface area contributed by atoms with Crippen molar-refractivity contribution in [1.82, 2.24) is 5.32 Å². The lowest BCUT2D eigenvalue weighted by atomic mass is 9.96. The minimum atomic E-state index is -0.364. The Labute approximate surface area is 162 Å². The van der Waals surface area contributed by atoms with Gasteiger partial charge in [-0.25, -0.2) is 0 Å². The third kappa shape index (κ3) is 3.98. The molecule has 2 aromatic carbocycles. The maximum atomic E-state index is 11.8. The van der Waals surface area contributed by atoms with Crippen LogP contribution < -0.4 is 15.4 Å². The molecule has 1 aliphatic heterocycles. The molecule has 1 aliphatic rings. The number of rotatable bonds is 4. The summed E-state index contributed by atoms with van der Waals surface area (Å²) in [7, 11) is 2.99. The Bertz CT molecular complexity index is 826. The maximum absolute atomic E-state index is 11.8. The van der Waals surface area contributed by atoms with Gasteiger partial charge < -0.3 is 14.8 Å². The average Bonchev–Trinajstić information content (AvgIpc) is 2.78. The van der Waals surface area contributed by atoms with Gasteiger partial charge in [0, 0.05) is 16.3 Å². The fourth-order valence-corrected chi connectivity index (χ4v) is 3.33. The zero-order valence-electron chi connectivity index (χ0n) is 14.4. The Morgan fingerprint density at radius 3 is 2.58 bits per heavy atom. The predicted molar refractivity (Wildman–Crippen MR) is 106 cm³/mol. The fraction of sp³-hybridized carbons (Fsp3) is 0.263. The first-order valence-corrected chi connectivity index (χ1v) is 8.87. The van der Waals surface area contributed by atoms with Crippen molar-refractivity contribution >= 4 is 40.5 Å². The van der Waals surface area contributed by atoms with E-state index in [4.69, 9.17) is 33.3 Å².